The zero-order chi connectivity index (χ0) is 19.5. The summed E-state index contributed by atoms with van der Waals surface area (Å²) in [5.41, 5.74) is 1.41. The minimum Gasteiger partial charge on any atom is -0.378 e. The molecule has 8 heteroatoms. The normalized spacial score (nSPS) is 14.2. The predicted octanol–water partition coefficient (Wildman–Crippen LogP) is 1.58. The molecule has 0 unspecified atom stereocenters. The van der Waals surface area contributed by atoms with E-state index in [0.29, 0.717) is 30.1 Å². The number of aryl methyl sites for hydroxylation is 1. The van der Waals surface area contributed by atoms with E-state index in [1.165, 1.54) is 4.68 Å². The van der Waals surface area contributed by atoms with Crippen molar-refractivity contribution >= 4 is 28.2 Å². The minimum atomic E-state index is -0.351. The highest BCUT2D eigenvalue weighted by Gasteiger charge is 2.13. The molecule has 0 radical (unpaired) electrons. The van der Waals surface area contributed by atoms with Gasteiger partial charge in [-0.2, -0.15) is 5.10 Å². The van der Waals surface area contributed by atoms with Crippen molar-refractivity contribution in [2.24, 2.45) is 0 Å². The van der Waals surface area contributed by atoms with Crippen molar-refractivity contribution in [2.75, 3.05) is 36.5 Å². The van der Waals surface area contributed by atoms with Crippen molar-refractivity contribution in [3.8, 4) is 0 Å². The van der Waals surface area contributed by atoms with Crippen LogP contribution < -0.4 is 15.8 Å². The second-order valence-electron chi connectivity index (χ2n) is 6.64. The number of hydrogen-bond acceptors (Lipinski definition) is 6. The maximum absolute atomic E-state index is 12.6. The number of ether oxygens (including phenoxy) is 1. The molecule has 144 valence electrons. The summed E-state index contributed by atoms with van der Waals surface area (Å²) >= 11 is 0. The highest BCUT2D eigenvalue weighted by atomic mass is 16.5. The number of anilines is 2. The smallest absolute Gasteiger partial charge is 0.275 e. The summed E-state index contributed by atoms with van der Waals surface area (Å²) in [6.45, 7) is 4.70. The number of morpholine rings is 1. The Hall–Kier alpha value is -3.26. The van der Waals surface area contributed by atoms with Gasteiger partial charge in [0.05, 0.1) is 36.2 Å². The Morgan fingerprint density at radius 1 is 1.14 bits per heavy atom. The van der Waals surface area contributed by atoms with Gasteiger partial charge in [-0.3, -0.25) is 9.59 Å². The molecular weight excluding hydrogens is 358 g/mol. The Morgan fingerprint density at radius 3 is 2.61 bits per heavy atom. The number of amides is 1. The van der Waals surface area contributed by atoms with E-state index in [4.69, 9.17) is 4.74 Å². The molecule has 3 heterocycles. The Balaban J connectivity index is 1.47. The van der Waals surface area contributed by atoms with Crippen molar-refractivity contribution in [1.82, 2.24) is 14.8 Å². The first-order valence-electron chi connectivity index (χ1n) is 9.17. The van der Waals surface area contributed by atoms with E-state index in [1.54, 1.807) is 24.4 Å². The highest BCUT2D eigenvalue weighted by Crippen LogP contribution is 2.16. The van der Waals surface area contributed by atoms with Crippen LogP contribution in [0.15, 0.2) is 47.4 Å². The molecule has 0 bridgehead atoms. The summed E-state index contributed by atoms with van der Waals surface area (Å²) in [6, 6.07) is 10.9. The van der Waals surface area contributed by atoms with Crippen molar-refractivity contribution in [2.45, 2.75) is 13.5 Å². The van der Waals surface area contributed by atoms with E-state index in [9.17, 15) is 9.59 Å². The average Bonchev–Trinajstić information content (AvgIpc) is 2.73. The number of carbonyl (C=O) groups is 1. The monoisotopic (exact) mass is 379 g/mol. The van der Waals surface area contributed by atoms with Crippen molar-refractivity contribution in [3.63, 3.8) is 0 Å². The van der Waals surface area contributed by atoms with E-state index >= 15 is 0 Å². The first kappa shape index (κ1) is 18.1. The molecule has 1 aromatic carbocycles. The van der Waals surface area contributed by atoms with E-state index in [2.05, 4.69) is 20.3 Å². The summed E-state index contributed by atoms with van der Waals surface area (Å²) in [6.07, 6.45) is 1.73. The van der Waals surface area contributed by atoms with Crippen LogP contribution >= 0.6 is 0 Å². The van der Waals surface area contributed by atoms with E-state index < -0.39 is 0 Å². The third kappa shape index (κ3) is 3.72. The number of aromatic nitrogens is 3. The third-order valence-corrected chi connectivity index (χ3v) is 4.74. The number of nitrogens with one attached hydrogen (secondary N) is 1. The van der Waals surface area contributed by atoms with E-state index in [0.717, 1.165) is 24.2 Å². The highest BCUT2D eigenvalue weighted by molar-refractivity contribution is 5.90. The van der Waals surface area contributed by atoms with Gasteiger partial charge in [0.15, 0.2) is 0 Å². The maximum atomic E-state index is 12.6. The number of benzene rings is 1. The van der Waals surface area contributed by atoms with Crippen LogP contribution in [0.4, 0.5) is 11.5 Å². The quantitative estimate of drug-likeness (QED) is 0.740. The first-order chi connectivity index (χ1) is 13.6. The standard InChI is InChI=1S/C20H21N5O3/c1-14-16-4-2-3-5-17(16)20(27)25(23-14)13-19(26)22-18-7-6-15(12-21-18)24-8-10-28-11-9-24/h2-7,12H,8-11,13H2,1H3,(H,21,22,26). The van der Waals surface area contributed by atoms with Gasteiger partial charge in [0.25, 0.3) is 5.56 Å². The molecule has 1 amide bonds. The number of carbonyl (C=O) groups excluding carboxylic acids is 1. The van der Waals surface area contributed by atoms with Crippen LogP contribution in [0.25, 0.3) is 10.8 Å². The maximum Gasteiger partial charge on any atom is 0.275 e. The molecule has 28 heavy (non-hydrogen) atoms. The van der Waals surface area contributed by atoms with Crippen LogP contribution in [0.3, 0.4) is 0 Å². The molecule has 0 spiro atoms. The third-order valence-electron chi connectivity index (χ3n) is 4.74. The molecule has 1 aliphatic heterocycles. The van der Waals surface area contributed by atoms with Gasteiger partial charge in [-0.15, -0.1) is 0 Å². The van der Waals surface area contributed by atoms with Gasteiger partial charge in [0, 0.05) is 18.5 Å². The zero-order valence-electron chi connectivity index (χ0n) is 15.6. The topological polar surface area (TPSA) is 89.3 Å². The van der Waals surface area contributed by atoms with Crippen LogP contribution in [-0.4, -0.2) is 47.0 Å². The number of fused-ring (bicyclic) bond motifs is 1. The summed E-state index contributed by atoms with van der Waals surface area (Å²) < 4.78 is 6.54. The number of nitrogens with zero attached hydrogens (tertiary/aromatic N) is 4. The van der Waals surface area contributed by atoms with Gasteiger partial charge < -0.3 is 15.0 Å². The second kappa shape index (κ2) is 7.77. The summed E-state index contributed by atoms with van der Waals surface area (Å²) in [7, 11) is 0. The number of hydrogen-bond donors (Lipinski definition) is 1. The number of pyridine rings is 1. The predicted molar refractivity (Wildman–Crippen MR) is 107 cm³/mol. The molecule has 1 N–H and O–H groups in total. The molecule has 0 atom stereocenters. The molecule has 1 fully saturated rings. The molecule has 4 rings (SSSR count). The fraction of sp³-hybridized carbons (Fsp3) is 0.300. The van der Waals surface area contributed by atoms with E-state index in [-0.39, 0.29) is 18.0 Å². The van der Waals surface area contributed by atoms with Crippen LogP contribution in [0.1, 0.15) is 5.69 Å². The lowest BCUT2D eigenvalue weighted by atomic mass is 10.1. The summed E-state index contributed by atoms with van der Waals surface area (Å²) in [5, 5.41) is 8.33. The Morgan fingerprint density at radius 2 is 1.89 bits per heavy atom. The largest absolute Gasteiger partial charge is 0.378 e. The molecule has 8 nitrogen and oxygen atoms in total. The lowest BCUT2D eigenvalue weighted by Gasteiger charge is -2.28. The average molecular weight is 379 g/mol. The Bertz CT molecular complexity index is 1060. The van der Waals surface area contributed by atoms with Crippen LogP contribution in [0.2, 0.25) is 0 Å². The Labute approximate surface area is 161 Å². The fourth-order valence-corrected chi connectivity index (χ4v) is 3.30. The van der Waals surface area contributed by atoms with Crippen LogP contribution in [0.5, 0.6) is 0 Å². The van der Waals surface area contributed by atoms with Crippen molar-refractivity contribution in [1.29, 1.82) is 0 Å². The van der Waals surface area contributed by atoms with Gasteiger partial charge >= 0.3 is 0 Å². The second-order valence-corrected chi connectivity index (χ2v) is 6.64. The first-order valence-corrected chi connectivity index (χ1v) is 9.17. The fourth-order valence-electron chi connectivity index (χ4n) is 3.30. The Kier molecular flexibility index (Phi) is 5.03. The molecule has 3 aromatic rings. The van der Waals surface area contributed by atoms with Crippen LogP contribution in [-0.2, 0) is 16.1 Å². The van der Waals surface area contributed by atoms with Gasteiger partial charge in [-0.05, 0) is 25.1 Å². The molecule has 2 aromatic heterocycles. The molecule has 0 aliphatic carbocycles. The van der Waals surface area contributed by atoms with E-state index in [1.807, 2.05) is 25.1 Å². The van der Waals surface area contributed by atoms with Crippen molar-refractivity contribution in [3.05, 3.63) is 58.6 Å². The minimum absolute atomic E-state index is 0.169. The summed E-state index contributed by atoms with van der Waals surface area (Å²) in [5.74, 6) is 0.0865. The molecular formula is C20H21N5O3. The van der Waals surface area contributed by atoms with Crippen LogP contribution in [0, 0.1) is 6.92 Å². The lowest BCUT2D eigenvalue weighted by Crippen LogP contribution is -2.36. The van der Waals surface area contributed by atoms with Gasteiger partial charge in [0.2, 0.25) is 5.91 Å². The molecule has 1 aliphatic rings. The SMILES string of the molecule is Cc1nn(CC(=O)Nc2ccc(N3CCOCC3)cn2)c(=O)c2ccccc12. The zero-order valence-corrected chi connectivity index (χ0v) is 15.6. The summed E-state index contributed by atoms with van der Waals surface area (Å²) in [4.78, 5) is 31.5. The molecule has 0 saturated carbocycles. The van der Waals surface area contributed by atoms with Crippen molar-refractivity contribution < 1.29 is 9.53 Å². The number of rotatable bonds is 4. The lowest BCUT2D eigenvalue weighted by molar-refractivity contribution is -0.117. The molecule has 1 saturated heterocycles. The van der Waals surface area contributed by atoms with Gasteiger partial charge in [-0.25, -0.2) is 9.67 Å². The van der Waals surface area contributed by atoms with Gasteiger partial charge in [-0.1, -0.05) is 18.2 Å². The van der Waals surface area contributed by atoms with Gasteiger partial charge in [0.1, 0.15) is 12.4 Å².